The summed E-state index contributed by atoms with van der Waals surface area (Å²) in [6.45, 7) is 2.67. The largest absolute Gasteiger partial charge is 0.438 e. The first-order valence-electron chi connectivity index (χ1n) is 10.5. The van der Waals surface area contributed by atoms with E-state index in [1.54, 1.807) is 4.90 Å². The smallest absolute Gasteiger partial charge is 0.269 e. The molecule has 0 saturated carbocycles. The Morgan fingerprint density at radius 1 is 1.12 bits per heavy atom. The Balaban J connectivity index is 1.44. The van der Waals surface area contributed by atoms with Gasteiger partial charge < -0.3 is 9.32 Å². The number of aromatic nitrogens is 1. The number of nitrogens with zero attached hydrogens (tertiary/aromatic N) is 3. The number of aryl methyl sites for hydroxylation is 1. The first-order chi connectivity index (χ1) is 15.5. The van der Waals surface area contributed by atoms with Gasteiger partial charge in [0.05, 0.1) is 4.92 Å². The predicted molar refractivity (Wildman–Crippen MR) is 120 cm³/mol. The van der Waals surface area contributed by atoms with Gasteiger partial charge in [0, 0.05) is 24.2 Å². The van der Waals surface area contributed by atoms with Gasteiger partial charge in [-0.15, -0.1) is 0 Å². The Labute approximate surface area is 184 Å². The van der Waals surface area contributed by atoms with Crippen molar-refractivity contribution in [3.05, 3.63) is 93.9 Å². The third-order valence-corrected chi connectivity index (χ3v) is 5.98. The van der Waals surface area contributed by atoms with E-state index < -0.39 is 4.92 Å². The second kappa shape index (κ2) is 7.92. The monoisotopic (exact) mass is 427 g/mol. The normalized spacial score (nSPS) is 15.9. The standard InChI is InChI=1S/C25H21N3O4/c1-16-5-2-3-6-20(16)18-10-13-23-21(15-18)26-24(32-23)22-7-4-14-27(22)25(29)17-8-11-19(12-9-17)28(30)31/h2-3,5-6,8-13,15,22H,4,7,14H2,1H3. The summed E-state index contributed by atoms with van der Waals surface area (Å²) in [6.07, 6.45) is 1.60. The summed E-state index contributed by atoms with van der Waals surface area (Å²) < 4.78 is 6.05. The molecule has 0 aliphatic carbocycles. The molecule has 160 valence electrons. The molecular weight excluding hydrogens is 406 g/mol. The van der Waals surface area contributed by atoms with Gasteiger partial charge in [0.1, 0.15) is 11.6 Å². The molecule has 0 bridgehead atoms. The molecule has 7 nitrogen and oxygen atoms in total. The lowest BCUT2D eigenvalue weighted by Crippen LogP contribution is -2.30. The highest BCUT2D eigenvalue weighted by atomic mass is 16.6. The maximum atomic E-state index is 13.1. The fourth-order valence-electron chi connectivity index (χ4n) is 4.31. The van der Waals surface area contributed by atoms with Crippen LogP contribution >= 0.6 is 0 Å². The number of fused-ring (bicyclic) bond motifs is 1. The summed E-state index contributed by atoms with van der Waals surface area (Å²) in [5, 5.41) is 10.9. The van der Waals surface area contributed by atoms with Crippen LogP contribution in [0.1, 0.15) is 40.7 Å². The van der Waals surface area contributed by atoms with E-state index in [1.807, 2.05) is 30.3 Å². The molecule has 1 amide bonds. The molecule has 1 aromatic heterocycles. The van der Waals surface area contributed by atoms with Gasteiger partial charge in [0.2, 0.25) is 5.89 Å². The van der Waals surface area contributed by atoms with Crippen LogP contribution in [0.25, 0.3) is 22.2 Å². The van der Waals surface area contributed by atoms with Gasteiger partial charge in [-0.05, 0) is 60.7 Å². The molecule has 0 N–H and O–H groups in total. The number of benzene rings is 3. The fourth-order valence-corrected chi connectivity index (χ4v) is 4.31. The summed E-state index contributed by atoms with van der Waals surface area (Å²) in [5.41, 5.74) is 5.23. The molecule has 1 aliphatic rings. The van der Waals surface area contributed by atoms with Crippen molar-refractivity contribution in [1.82, 2.24) is 9.88 Å². The van der Waals surface area contributed by atoms with Crippen LogP contribution < -0.4 is 0 Å². The summed E-state index contributed by atoms with van der Waals surface area (Å²) in [4.78, 5) is 30.0. The van der Waals surface area contributed by atoms with Crippen molar-refractivity contribution < 1.29 is 14.1 Å². The summed E-state index contributed by atoms with van der Waals surface area (Å²) in [5.74, 6) is 0.347. The quantitative estimate of drug-likeness (QED) is 0.308. The number of rotatable bonds is 4. The van der Waals surface area contributed by atoms with E-state index in [1.165, 1.54) is 29.8 Å². The van der Waals surface area contributed by atoms with Crippen LogP contribution in [0, 0.1) is 17.0 Å². The minimum Gasteiger partial charge on any atom is -0.438 e. The number of nitro groups is 1. The SMILES string of the molecule is Cc1ccccc1-c1ccc2oc(C3CCCN3C(=O)c3ccc([N+](=O)[O-])cc3)nc2c1. The van der Waals surface area contributed by atoms with E-state index in [0.717, 1.165) is 29.5 Å². The minimum atomic E-state index is -0.476. The van der Waals surface area contributed by atoms with Crippen molar-refractivity contribution in [1.29, 1.82) is 0 Å². The Morgan fingerprint density at radius 2 is 1.91 bits per heavy atom. The molecule has 1 fully saturated rings. The van der Waals surface area contributed by atoms with Crippen molar-refractivity contribution in [2.24, 2.45) is 0 Å². The lowest BCUT2D eigenvalue weighted by atomic mass is 10.0. The van der Waals surface area contributed by atoms with E-state index in [0.29, 0.717) is 23.6 Å². The molecular formula is C25H21N3O4. The van der Waals surface area contributed by atoms with E-state index in [2.05, 4.69) is 19.1 Å². The first kappa shape index (κ1) is 19.9. The molecule has 1 saturated heterocycles. The van der Waals surface area contributed by atoms with Gasteiger partial charge >= 0.3 is 0 Å². The van der Waals surface area contributed by atoms with E-state index in [9.17, 15) is 14.9 Å². The summed E-state index contributed by atoms with van der Waals surface area (Å²) in [7, 11) is 0. The number of oxazole rings is 1. The van der Waals surface area contributed by atoms with Crippen molar-refractivity contribution in [2.75, 3.05) is 6.54 Å². The zero-order valence-electron chi connectivity index (χ0n) is 17.5. The van der Waals surface area contributed by atoms with Crippen molar-refractivity contribution in [3.8, 4) is 11.1 Å². The van der Waals surface area contributed by atoms with Crippen LogP contribution in [-0.4, -0.2) is 27.3 Å². The first-order valence-corrected chi connectivity index (χ1v) is 10.5. The maximum Gasteiger partial charge on any atom is 0.269 e. The molecule has 5 rings (SSSR count). The highest BCUT2D eigenvalue weighted by Crippen LogP contribution is 2.35. The van der Waals surface area contributed by atoms with Crippen molar-refractivity contribution in [2.45, 2.75) is 25.8 Å². The Morgan fingerprint density at radius 3 is 2.66 bits per heavy atom. The topological polar surface area (TPSA) is 89.5 Å². The van der Waals surface area contributed by atoms with Gasteiger partial charge in [-0.1, -0.05) is 30.3 Å². The average molecular weight is 427 g/mol. The average Bonchev–Trinajstić information content (AvgIpc) is 3.45. The third-order valence-electron chi connectivity index (χ3n) is 5.98. The highest BCUT2D eigenvalue weighted by molar-refractivity contribution is 5.95. The van der Waals surface area contributed by atoms with Gasteiger partial charge in [-0.25, -0.2) is 4.98 Å². The molecule has 3 aromatic carbocycles. The van der Waals surface area contributed by atoms with E-state index >= 15 is 0 Å². The Kier molecular flexibility index (Phi) is 4.93. The number of non-ortho nitro benzene ring substituents is 1. The van der Waals surface area contributed by atoms with Crippen LogP contribution in [0.15, 0.2) is 71.1 Å². The van der Waals surface area contributed by atoms with E-state index in [-0.39, 0.29) is 17.6 Å². The number of carbonyl (C=O) groups is 1. The van der Waals surface area contributed by atoms with E-state index in [4.69, 9.17) is 9.40 Å². The third kappa shape index (κ3) is 3.51. The molecule has 1 aliphatic heterocycles. The minimum absolute atomic E-state index is 0.0390. The van der Waals surface area contributed by atoms with Crippen LogP contribution in [0.3, 0.4) is 0 Å². The van der Waals surface area contributed by atoms with Gasteiger partial charge in [-0.2, -0.15) is 0 Å². The van der Waals surface area contributed by atoms with Gasteiger partial charge in [-0.3, -0.25) is 14.9 Å². The number of likely N-dealkylation sites (tertiary alicyclic amines) is 1. The molecule has 4 aromatic rings. The molecule has 1 unspecified atom stereocenters. The fraction of sp³-hybridized carbons (Fsp3) is 0.200. The highest BCUT2D eigenvalue weighted by Gasteiger charge is 2.34. The molecule has 0 radical (unpaired) electrons. The second-order valence-electron chi connectivity index (χ2n) is 8.01. The number of nitro benzene ring substituents is 1. The van der Waals surface area contributed by atoms with Crippen LogP contribution in [-0.2, 0) is 0 Å². The number of hydrogen-bond acceptors (Lipinski definition) is 5. The molecule has 32 heavy (non-hydrogen) atoms. The van der Waals surface area contributed by atoms with Crippen LogP contribution in [0.5, 0.6) is 0 Å². The lowest BCUT2D eigenvalue weighted by molar-refractivity contribution is -0.384. The Bertz CT molecular complexity index is 1330. The van der Waals surface area contributed by atoms with Crippen molar-refractivity contribution in [3.63, 3.8) is 0 Å². The predicted octanol–water partition coefficient (Wildman–Crippen LogP) is 5.69. The number of amides is 1. The van der Waals surface area contributed by atoms with Crippen LogP contribution in [0.4, 0.5) is 5.69 Å². The summed E-state index contributed by atoms with van der Waals surface area (Å²) in [6, 6.07) is 19.6. The lowest BCUT2D eigenvalue weighted by Gasteiger charge is -2.22. The molecule has 7 heteroatoms. The number of hydrogen-bond donors (Lipinski definition) is 0. The maximum absolute atomic E-state index is 13.1. The number of carbonyl (C=O) groups excluding carboxylic acids is 1. The summed E-state index contributed by atoms with van der Waals surface area (Å²) >= 11 is 0. The Hall–Kier alpha value is -4.00. The molecule has 2 heterocycles. The zero-order chi connectivity index (χ0) is 22.2. The van der Waals surface area contributed by atoms with Gasteiger partial charge in [0.15, 0.2) is 5.58 Å². The zero-order valence-corrected chi connectivity index (χ0v) is 17.5. The molecule has 0 spiro atoms. The second-order valence-corrected chi connectivity index (χ2v) is 8.01. The molecule has 1 atom stereocenters. The van der Waals surface area contributed by atoms with Gasteiger partial charge in [0.25, 0.3) is 11.6 Å². The van der Waals surface area contributed by atoms with Crippen molar-refractivity contribution >= 4 is 22.7 Å². The van der Waals surface area contributed by atoms with Crippen LogP contribution in [0.2, 0.25) is 0 Å².